The maximum atomic E-state index is 12.6. The molecular weight excluding hydrogens is 326 g/mol. The third kappa shape index (κ3) is 2.30. The molecule has 6 nitrogen and oxygen atoms in total. The normalized spacial score (nSPS) is 30.3. The van der Waals surface area contributed by atoms with Gasteiger partial charge in [-0.15, -0.1) is 11.3 Å². The van der Waals surface area contributed by atoms with Gasteiger partial charge in [0, 0.05) is 12.4 Å². The summed E-state index contributed by atoms with van der Waals surface area (Å²) in [5.74, 6) is -0.720. The van der Waals surface area contributed by atoms with Crippen LogP contribution in [0.5, 0.6) is 0 Å². The SMILES string of the molecule is Cc1nc(CN(C)C(=O)CN2C(=O)[C@@H]3[C@@H](C2=O)[C@H]2C=C[C@H]3C2)cs1. The largest absolute Gasteiger partial charge is 0.338 e. The Kier molecular flexibility index (Phi) is 3.56. The van der Waals surface area contributed by atoms with Crippen LogP contribution in [0.3, 0.4) is 0 Å². The zero-order valence-corrected chi connectivity index (χ0v) is 14.5. The van der Waals surface area contributed by atoms with Gasteiger partial charge >= 0.3 is 0 Å². The molecule has 2 heterocycles. The van der Waals surface area contributed by atoms with Crippen molar-refractivity contribution in [2.75, 3.05) is 13.6 Å². The predicted octanol–water partition coefficient (Wildman–Crippen LogP) is 1.22. The molecule has 0 unspecified atom stereocenters. The molecule has 4 rings (SSSR count). The highest BCUT2D eigenvalue weighted by molar-refractivity contribution is 7.09. The first kappa shape index (κ1) is 15.5. The van der Waals surface area contributed by atoms with Gasteiger partial charge in [-0.3, -0.25) is 19.3 Å². The Hall–Kier alpha value is -2.02. The van der Waals surface area contributed by atoms with Crippen molar-refractivity contribution in [3.05, 3.63) is 28.2 Å². The maximum absolute atomic E-state index is 12.6. The molecule has 7 heteroatoms. The van der Waals surface area contributed by atoms with Gasteiger partial charge in [0.25, 0.3) is 0 Å². The number of likely N-dealkylation sites (N-methyl/N-ethyl adjacent to an activating group) is 1. The van der Waals surface area contributed by atoms with E-state index in [2.05, 4.69) is 17.1 Å². The first-order chi connectivity index (χ1) is 11.5. The number of allylic oxidation sites excluding steroid dienone is 2. The molecule has 2 aliphatic carbocycles. The van der Waals surface area contributed by atoms with Crippen LogP contribution < -0.4 is 0 Å². The first-order valence-electron chi connectivity index (χ1n) is 8.14. The molecule has 0 radical (unpaired) electrons. The van der Waals surface area contributed by atoms with E-state index >= 15 is 0 Å². The van der Waals surface area contributed by atoms with Crippen molar-refractivity contribution in [3.8, 4) is 0 Å². The van der Waals surface area contributed by atoms with E-state index in [9.17, 15) is 14.4 Å². The fraction of sp³-hybridized carbons (Fsp3) is 0.529. The van der Waals surface area contributed by atoms with Crippen molar-refractivity contribution in [1.29, 1.82) is 0 Å². The van der Waals surface area contributed by atoms with E-state index in [0.29, 0.717) is 6.54 Å². The summed E-state index contributed by atoms with van der Waals surface area (Å²) in [4.78, 5) is 44.7. The summed E-state index contributed by atoms with van der Waals surface area (Å²) < 4.78 is 0. The lowest BCUT2D eigenvalue weighted by Crippen LogP contribution is -2.42. The van der Waals surface area contributed by atoms with E-state index in [1.165, 1.54) is 21.1 Å². The van der Waals surface area contributed by atoms with Crippen LogP contribution in [0.25, 0.3) is 0 Å². The molecule has 0 N–H and O–H groups in total. The number of aryl methyl sites for hydroxylation is 1. The number of nitrogens with zero attached hydrogens (tertiary/aromatic N) is 3. The van der Waals surface area contributed by atoms with Crippen molar-refractivity contribution in [1.82, 2.24) is 14.8 Å². The number of imide groups is 1. The van der Waals surface area contributed by atoms with Gasteiger partial charge in [-0.2, -0.15) is 0 Å². The summed E-state index contributed by atoms with van der Waals surface area (Å²) in [6, 6.07) is 0. The molecule has 3 amide bonds. The van der Waals surface area contributed by atoms with Crippen molar-refractivity contribution in [3.63, 3.8) is 0 Å². The number of hydrogen-bond donors (Lipinski definition) is 0. The third-order valence-electron chi connectivity index (χ3n) is 5.35. The second-order valence-corrected chi connectivity index (χ2v) is 7.93. The zero-order valence-electron chi connectivity index (χ0n) is 13.6. The average molecular weight is 345 g/mol. The zero-order chi connectivity index (χ0) is 17.0. The first-order valence-corrected chi connectivity index (χ1v) is 9.02. The summed E-state index contributed by atoms with van der Waals surface area (Å²) in [6.45, 7) is 2.14. The lowest BCUT2D eigenvalue weighted by molar-refractivity contribution is -0.146. The minimum atomic E-state index is -0.244. The molecule has 2 fully saturated rings. The van der Waals surface area contributed by atoms with Gasteiger partial charge in [0.15, 0.2) is 0 Å². The molecule has 1 aromatic rings. The summed E-state index contributed by atoms with van der Waals surface area (Å²) >= 11 is 1.54. The molecule has 1 aliphatic heterocycles. The molecule has 1 aromatic heterocycles. The second-order valence-electron chi connectivity index (χ2n) is 6.87. The Labute approximate surface area is 144 Å². The molecule has 126 valence electrons. The van der Waals surface area contributed by atoms with Crippen molar-refractivity contribution in [2.45, 2.75) is 19.9 Å². The quantitative estimate of drug-likeness (QED) is 0.608. The standard InChI is InChI=1S/C17H19N3O3S/c1-9-18-12(8-24-9)6-19(2)13(21)7-20-16(22)14-10-3-4-11(5-10)15(14)17(20)23/h3-4,8,10-11,14-15H,5-7H2,1-2H3/t10-,11-,14-,15-/m0/s1. The molecule has 2 bridgehead atoms. The number of carbonyl (C=O) groups excluding carboxylic acids is 3. The molecule has 1 saturated carbocycles. The number of carbonyl (C=O) groups is 3. The summed E-state index contributed by atoms with van der Waals surface area (Å²) in [6.07, 6.45) is 5.01. The average Bonchev–Trinajstić information content (AvgIpc) is 3.29. The van der Waals surface area contributed by atoms with Gasteiger partial charge in [0.1, 0.15) is 6.54 Å². The molecule has 24 heavy (non-hydrogen) atoms. The lowest BCUT2D eigenvalue weighted by Gasteiger charge is -2.21. The van der Waals surface area contributed by atoms with E-state index in [1.54, 1.807) is 7.05 Å². The Morgan fingerprint density at radius 1 is 1.29 bits per heavy atom. The number of likely N-dealkylation sites (tertiary alicyclic amines) is 1. The van der Waals surface area contributed by atoms with Crippen LogP contribution in [0.2, 0.25) is 0 Å². The fourth-order valence-corrected chi connectivity index (χ4v) is 4.79. The van der Waals surface area contributed by atoms with Crippen LogP contribution in [0.4, 0.5) is 0 Å². The number of rotatable bonds is 4. The maximum Gasteiger partial charge on any atom is 0.242 e. The highest BCUT2D eigenvalue weighted by Gasteiger charge is 2.59. The van der Waals surface area contributed by atoms with Gasteiger partial charge in [-0.1, -0.05) is 12.2 Å². The van der Waals surface area contributed by atoms with Crippen molar-refractivity contribution < 1.29 is 14.4 Å². The molecule has 1 saturated heterocycles. The number of aromatic nitrogens is 1. The number of thiazole rings is 1. The van der Waals surface area contributed by atoms with Gasteiger partial charge in [-0.25, -0.2) is 4.98 Å². The third-order valence-corrected chi connectivity index (χ3v) is 6.17. The van der Waals surface area contributed by atoms with Gasteiger partial charge in [0.2, 0.25) is 17.7 Å². The van der Waals surface area contributed by atoms with E-state index in [4.69, 9.17) is 0 Å². The van der Waals surface area contributed by atoms with E-state index < -0.39 is 0 Å². The van der Waals surface area contributed by atoms with Crippen LogP contribution in [0, 0.1) is 30.6 Å². The van der Waals surface area contributed by atoms with Crippen LogP contribution in [0.15, 0.2) is 17.5 Å². The predicted molar refractivity (Wildman–Crippen MR) is 87.8 cm³/mol. The Morgan fingerprint density at radius 3 is 2.46 bits per heavy atom. The molecular formula is C17H19N3O3S. The Balaban J connectivity index is 1.43. The van der Waals surface area contributed by atoms with Crippen molar-refractivity contribution >= 4 is 29.1 Å². The minimum Gasteiger partial charge on any atom is -0.338 e. The fourth-order valence-electron chi connectivity index (χ4n) is 4.19. The molecule has 4 atom stereocenters. The topological polar surface area (TPSA) is 70.6 Å². The number of amides is 3. The van der Waals surface area contributed by atoms with Crippen LogP contribution >= 0.6 is 11.3 Å². The monoisotopic (exact) mass is 345 g/mol. The van der Waals surface area contributed by atoms with Crippen molar-refractivity contribution in [2.24, 2.45) is 23.7 Å². The van der Waals surface area contributed by atoms with E-state index in [-0.39, 0.29) is 47.9 Å². The van der Waals surface area contributed by atoms with Crippen LogP contribution in [0.1, 0.15) is 17.1 Å². The van der Waals surface area contributed by atoms with E-state index in [1.807, 2.05) is 12.3 Å². The number of hydrogen-bond acceptors (Lipinski definition) is 5. The highest BCUT2D eigenvalue weighted by atomic mass is 32.1. The van der Waals surface area contributed by atoms with Gasteiger partial charge in [0.05, 0.1) is 29.1 Å². The summed E-state index contributed by atoms with van der Waals surface area (Å²) in [5, 5.41) is 2.87. The Morgan fingerprint density at radius 2 is 1.92 bits per heavy atom. The second kappa shape index (κ2) is 5.51. The molecule has 0 aromatic carbocycles. The summed E-state index contributed by atoms with van der Waals surface area (Å²) in [5.41, 5.74) is 0.825. The van der Waals surface area contributed by atoms with E-state index in [0.717, 1.165) is 17.1 Å². The van der Waals surface area contributed by atoms with Gasteiger partial charge in [-0.05, 0) is 25.2 Å². The number of fused-ring (bicyclic) bond motifs is 5. The molecule has 0 spiro atoms. The highest BCUT2D eigenvalue weighted by Crippen LogP contribution is 2.52. The summed E-state index contributed by atoms with van der Waals surface area (Å²) in [7, 11) is 1.67. The Bertz CT molecular complexity index is 726. The van der Waals surface area contributed by atoms with Gasteiger partial charge < -0.3 is 4.90 Å². The van der Waals surface area contributed by atoms with Crippen LogP contribution in [-0.2, 0) is 20.9 Å². The minimum absolute atomic E-state index is 0.163. The lowest BCUT2D eigenvalue weighted by atomic mass is 9.85. The smallest absolute Gasteiger partial charge is 0.242 e. The van der Waals surface area contributed by atoms with Crippen LogP contribution in [-0.4, -0.2) is 46.1 Å². The molecule has 3 aliphatic rings.